The molecule has 0 bridgehead atoms. The summed E-state index contributed by atoms with van der Waals surface area (Å²) in [6.45, 7) is 4.81. The lowest BCUT2D eigenvalue weighted by molar-refractivity contribution is -0.0440. The summed E-state index contributed by atoms with van der Waals surface area (Å²) >= 11 is 0. The molecule has 3 rings (SSSR count). The van der Waals surface area contributed by atoms with Gasteiger partial charge in [-0.05, 0) is 44.0 Å². The van der Waals surface area contributed by atoms with Crippen LogP contribution in [-0.2, 0) is 21.2 Å². The Morgan fingerprint density at radius 3 is 2.43 bits per heavy atom. The van der Waals surface area contributed by atoms with Gasteiger partial charge in [0, 0.05) is 25.2 Å². The van der Waals surface area contributed by atoms with Gasteiger partial charge in [0.25, 0.3) is 5.91 Å². The number of nitrogens with zero attached hydrogens (tertiary/aromatic N) is 1. The molecule has 28 heavy (non-hydrogen) atoms. The standard InChI is InChI=1S/C21H26N2O4S/c1-16-14-23(15-17(2)27-16)28(25,26)20-10-6-9-19(13-20)21(24)22-12-11-18-7-4-3-5-8-18/h3-10,13,16-17H,11-12,14-15H2,1-2H3,(H,22,24)/t16-,17-/m1/s1. The molecule has 1 N–H and O–H groups in total. The summed E-state index contributed by atoms with van der Waals surface area (Å²) in [5.41, 5.74) is 1.47. The van der Waals surface area contributed by atoms with Gasteiger partial charge in [-0.1, -0.05) is 36.4 Å². The van der Waals surface area contributed by atoms with E-state index in [0.717, 1.165) is 5.56 Å². The van der Waals surface area contributed by atoms with Gasteiger partial charge in [0.05, 0.1) is 17.1 Å². The van der Waals surface area contributed by atoms with Crippen molar-refractivity contribution in [1.82, 2.24) is 9.62 Å². The Kier molecular flexibility index (Phi) is 6.49. The third-order valence-corrected chi connectivity index (χ3v) is 6.49. The van der Waals surface area contributed by atoms with Gasteiger partial charge in [0.2, 0.25) is 10.0 Å². The van der Waals surface area contributed by atoms with Crippen LogP contribution in [0.3, 0.4) is 0 Å². The van der Waals surface area contributed by atoms with Crippen molar-refractivity contribution >= 4 is 15.9 Å². The van der Waals surface area contributed by atoms with E-state index in [4.69, 9.17) is 4.74 Å². The number of nitrogens with one attached hydrogen (secondary N) is 1. The molecule has 0 unspecified atom stereocenters. The molecule has 0 spiro atoms. The number of carbonyl (C=O) groups excluding carboxylic acids is 1. The number of morpholine rings is 1. The molecule has 0 aliphatic carbocycles. The number of hydrogen-bond donors (Lipinski definition) is 1. The van der Waals surface area contributed by atoms with Crippen LogP contribution in [-0.4, -0.2) is 50.5 Å². The Balaban J connectivity index is 1.68. The largest absolute Gasteiger partial charge is 0.373 e. The van der Waals surface area contributed by atoms with E-state index in [1.165, 1.54) is 16.4 Å². The van der Waals surface area contributed by atoms with Crippen molar-refractivity contribution < 1.29 is 17.9 Å². The molecule has 2 aromatic rings. The number of carbonyl (C=O) groups is 1. The predicted octanol–water partition coefficient (Wildman–Crippen LogP) is 2.46. The van der Waals surface area contributed by atoms with Gasteiger partial charge in [-0.2, -0.15) is 4.31 Å². The smallest absolute Gasteiger partial charge is 0.251 e. The normalized spacial score (nSPS) is 20.6. The highest BCUT2D eigenvalue weighted by atomic mass is 32.2. The van der Waals surface area contributed by atoms with Crippen molar-refractivity contribution in [3.05, 3.63) is 65.7 Å². The molecular formula is C21H26N2O4S. The molecule has 0 radical (unpaired) electrons. The Hall–Kier alpha value is -2.22. The summed E-state index contributed by atoms with van der Waals surface area (Å²) < 4.78 is 33.0. The number of rotatable bonds is 6. The number of ether oxygens (including phenoxy) is 1. The highest BCUT2D eigenvalue weighted by Gasteiger charge is 2.32. The number of amides is 1. The summed E-state index contributed by atoms with van der Waals surface area (Å²) in [5.74, 6) is -0.281. The second-order valence-corrected chi connectivity index (χ2v) is 9.04. The third-order valence-electron chi connectivity index (χ3n) is 4.66. The fourth-order valence-corrected chi connectivity index (χ4v) is 4.98. The van der Waals surface area contributed by atoms with Gasteiger partial charge in [-0.15, -0.1) is 0 Å². The van der Waals surface area contributed by atoms with Crippen LogP contribution in [0.4, 0.5) is 0 Å². The molecule has 1 fully saturated rings. The van der Waals surface area contributed by atoms with E-state index in [2.05, 4.69) is 5.32 Å². The van der Waals surface area contributed by atoms with Crippen molar-refractivity contribution in [2.45, 2.75) is 37.4 Å². The molecule has 1 aliphatic rings. The van der Waals surface area contributed by atoms with Crippen LogP contribution in [0.15, 0.2) is 59.5 Å². The average molecular weight is 403 g/mol. The van der Waals surface area contributed by atoms with Crippen LogP contribution in [0.5, 0.6) is 0 Å². The van der Waals surface area contributed by atoms with Crippen LogP contribution < -0.4 is 5.32 Å². The maximum absolute atomic E-state index is 13.0. The Labute approximate surface area is 166 Å². The van der Waals surface area contributed by atoms with Crippen molar-refractivity contribution in [2.24, 2.45) is 0 Å². The zero-order valence-electron chi connectivity index (χ0n) is 16.2. The minimum absolute atomic E-state index is 0.129. The van der Waals surface area contributed by atoms with Gasteiger partial charge >= 0.3 is 0 Å². The van der Waals surface area contributed by atoms with Crippen LogP contribution in [0.25, 0.3) is 0 Å². The monoisotopic (exact) mass is 402 g/mol. The first-order valence-corrected chi connectivity index (χ1v) is 10.9. The third kappa shape index (κ3) is 4.98. The predicted molar refractivity (Wildman–Crippen MR) is 108 cm³/mol. The molecular weight excluding hydrogens is 376 g/mol. The van der Waals surface area contributed by atoms with Crippen LogP contribution >= 0.6 is 0 Å². The Morgan fingerprint density at radius 2 is 1.75 bits per heavy atom. The van der Waals surface area contributed by atoms with Gasteiger partial charge in [-0.3, -0.25) is 4.79 Å². The van der Waals surface area contributed by atoms with Gasteiger partial charge < -0.3 is 10.1 Å². The quantitative estimate of drug-likeness (QED) is 0.805. The summed E-state index contributed by atoms with van der Waals surface area (Å²) in [6.07, 6.45) is 0.389. The second-order valence-electron chi connectivity index (χ2n) is 7.10. The molecule has 0 saturated carbocycles. The van der Waals surface area contributed by atoms with Crippen molar-refractivity contribution in [3.63, 3.8) is 0 Å². The Bertz CT molecular complexity index is 905. The molecule has 1 heterocycles. The molecule has 1 aliphatic heterocycles. The van der Waals surface area contributed by atoms with E-state index in [0.29, 0.717) is 31.6 Å². The number of benzene rings is 2. The van der Waals surface area contributed by atoms with Crippen LogP contribution in [0.2, 0.25) is 0 Å². The van der Waals surface area contributed by atoms with Gasteiger partial charge in [0.15, 0.2) is 0 Å². The minimum atomic E-state index is -3.67. The topological polar surface area (TPSA) is 75.7 Å². The maximum atomic E-state index is 13.0. The van der Waals surface area contributed by atoms with E-state index in [1.807, 2.05) is 44.2 Å². The first-order chi connectivity index (χ1) is 13.4. The zero-order valence-corrected chi connectivity index (χ0v) is 17.0. The molecule has 2 aromatic carbocycles. The van der Waals surface area contributed by atoms with Crippen molar-refractivity contribution in [2.75, 3.05) is 19.6 Å². The van der Waals surface area contributed by atoms with E-state index in [1.54, 1.807) is 12.1 Å². The lowest BCUT2D eigenvalue weighted by atomic mass is 10.1. The molecule has 7 heteroatoms. The molecule has 1 saturated heterocycles. The number of sulfonamides is 1. The summed E-state index contributed by atoms with van der Waals surface area (Å²) in [4.78, 5) is 12.6. The fourth-order valence-electron chi connectivity index (χ4n) is 3.34. The van der Waals surface area contributed by atoms with Crippen LogP contribution in [0.1, 0.15) is 29.8 Å². The molecule has 150 valence electrons. The summed E-state index contributed by atoms with van der Waals surface area (Å²) in [7, 11) is -3.67. The molecule has 2 atom stereocenters. The van der Waals surface area contributed by atoms with Crippen molar-refractivity contribution in [1.29, 1.82) is 0 Å². The van der Waals surface area contributed by atoms with E-state index in [-0.39, 0.29) is 23.0 Å². The average Bonchev–Trinajstić information content (AvgIpc) is 2.68. The first-order valence-electron chi connectivity index (χ1n) is 9.44. The molecule has 6 nitrogen and oxygen atoms in total. The lowest BCUT2D eigenvalue weighted by Gasteiger charge is -2.34. The highest BCUT2D eigenvalue weighted by molar-refractivity contribution is 7.89. The van der Waals surface area contributed by atoms with Gasteiger partial charge in [-0.25, -0.2) is 8.42 Å². The van der Waals surface area contributed by atoms with E-state index < -0.39 is 10.0 Å². The Morgan fingerprint density at radius 1 is 1.07 bits per heavy atom. The first kappa shape index (κ1) is 20.5. The van der Waals surface area contributed by atoms with E-state index >= 15 is 0 Å². The maximum Gasteiger partial charge on any atom is 0.251 e. The zero-order chi connectivity index (χ0) is 20.1. The minimum Gasteiger partial charge on any atom is -0.373 e. The van der Waals surface area contributed by atoms with E-state index in [9.17, 15) is 13.2 Å². The lowest BCUT2D eigenvalue weighted by Crippen LogP contribution is -2.48. The molecule has 0 aromatic heterocycles. The summed E-state index contributed by atoms with van der Waals surface area (Å²) in [6, 6.07) is 16.1. The SMILES string of the molecule is C[C@@H]1CN(S(=O)(=O)c2cccc(C(=O)NCCc3ccccc3)c2)C[C@@H](C)O1. The van der Waals surface area contributed by atoms with Gasteiger partial charge in [0.1, 0.15) is 0 Å². The summed E-state index contributed by atoms with van der Waals surface area (Å²) in [5, 5.41) is 2.85. The number of hydrogen-bond acceptors (Lipinski definition) is 4. The highest BCUT2D eigenvalue weighted by Crippen LogP contribution is 2.22. The van der Waals surface area contributed by atoms with Crippen LogP contribution in [0, 0.1) is 0 Å². The second kappa shape index (κ2) is 8.86. The molecule has 1 amide bonds. The fraction of sp³-hybridized carbons (Fsp3) is 0.381. The van der Waals surface area contributed by atoms with Crippen molar-refractivity contribution in [3.8, 4) is 0 Å².